The zero-order valence-electron chi connectivity index (χ0n) is 22.0. The molecule has 0 aromatic carbocycles. The molecule has 0 spiro atoms. The third-order valence-electron chi connectivity index (χ3n) is 4.51. The highest BCUT2D eigenvalue weighted by molar-refractivity contribution is 7.64. The molecule has 0 fully saturated rings. The van der Waals surface area contributed by atoms with Gasteiger partial charge in [0, 0.05) is 6.54 Å². The average Bonchev–Trinajstić information content (AvgIpc) is 2.61. The molecule has 0 aromatic heterocycles. The van der Waals surface area contributed by atoms with Gasteiger partial charge in [0.05, 0.1) is 6.54 Å². The SMILES string of the molecule is CC(C)=CCCC(C)=CCCC(C)=CCN(CC(C)O[P+](=O)CP(=O)(O)O)C(=O)OC(C)(C)C. The van der Waals surface area contributed by atoms with E-state index in [1.54, 1.807) is 27.7 Å². The Morgan fingerprint density at radius 2 is 1.56 bits per heavy atom. The van der Waals surface area contributed by atoms with E-state index in [0.29, 0.717) is 0 Å². The zero-order chi connectivity index (χ0) is 26.5. The van der Waals surface area contributed by atoms with Crippen molar-refractivity contribution in [1.82, 2.24) is 4.90 Å². The Balaban J connectivity index is 5.02. The summed E-state index contributed by atoms with van der Waals surface area (Å²) in [5, 5.41) is 0. The third-order valence-corrected chi connectivity index (χ3v) is 7.50. The number of rotatable bonds is 14. The molecule has 0 bridgehead atoms. The van der Waals surface area contributed by atoms with Crippen LogP contribution in [0.1, 0.15) is 81.1 Å². The molecule has 0 aliphatic rings. The van der Waals surface area contributed by atoms with E-state index >= 15 is 0 Å². The lowest BCUT2D eigenvalue weighted by Crippen LogP contribution is -2.40. The minimum absolute atomic E-state index is 0.0737. The Kier molecular flexibility index (Phi) is 15.0. The first-order chi connectivity index (χ1) is 15.5. The summed E-state index contributed by atoms with van der Waals surface area (Å²) in [6.45, 7) is 15.6. The fraction of sp³-hybridized carbons (Fsp3) is 0.708. The van der Waals surface area contributed by atoms with Gasteiger partial charge >= 0.3 is 21.7 Å². The van der Waals surface area contributed by atoms with Gasteiger partial charge in [0.15, 0.2) is 0 Å². The summed E-state index contributed by atoms with van der Waals surface area (Å²) in [6, 6.07) is 0. The van der Waals surface area contributed by atoms with Crippen molar-refractivity contribution >= 4 is 21.7 Å². The van der Waals surface area contributed by atoms with E-state index in [1.807, 2.05) is 13.0 Å². The summed E-state index contributed by atoms with van der Waals surface area (Å²) in [5.41, 5.74) is 3.13. The summed E-state index contributed by atoms with van der Waals surface area (Å²) in [5.74, 6) is -0.848. The normalized spacial score (nSPS) is 14.5. The van der Waals surface area contributed by atoms with Crippen LogP contribution in [0.25, 0.3) is 0 Å². The molecule has 2 unspecified atom stereocenters. The van der Waals surface area contributed by atoms with E-state index in [0.717, 1.165) is 31.3 Å². The smallest absolute Gasteiger partial charge is 0.444 e. The van der Waals surface area contributed by atoms with E-state index < -0.39 is 39.3 Å². The highest BCUT2D eigenvalue weighted by Crippen LogP contribution is 2.45. The highest BCUT2D eigenvalue weighted by Gasteiger charge is 2.34. The van der Waals surface area contributed by atoms with E-state index in [4.69, 9.17) is 19.0 Å². The van der Waals surface area contributed by atoms with E-state index in [2.05, 4.69) is 32.9 Å². The van der Waals surface area contributed by atoms with Crippen molar-refractivity contribution in [2.24, 2.45) is 0 Å². The number of hydrogen-bond acceptors (Lipinski definition) is 5. The quantitative estimate of drug-likeness (QED) is 0.189. The van der Waals surface area contributed by atoms with Gasteiger partial charge in [-0.2, -0.15) is 0 Å². The van der Waals surface area contributed by atoms with Crippen molar-refractivity contribution < 1.29 is 33.0 Å². The summed E-state index contributed by atoms with van der Waals surface area (Å²) in [7, 11) is -6.99. The van der Waals surface area contributed by atoms with Crippen LogP contribution in [0.5, 0.6) is 0 Å². The van der Waals surface area contributed by atoms with Gasteiger partial charge in [-0.1, -0.05) is 34.9 Å². The summed E-state index contributed by atoms with van der Waals surface area (Å²) in [4.78, 5) is 32.0. The maximum Gasteiger partial charge on any atom is 0.521 e. The van der Waals surface area contributed by atoms with Gasteiger partial charge in [-0.25, -0.2) is 4.79 Å². The monoisotopic (exact) mass is 520 g/mol. The van der Waals surface area contributed by atoms with Gasteiger partial charge in [-0.3, -0.25) is 4.57 Å². The molecule has 0 saturated carbocycles. The van der Waals surface area contributed by atoms with Crippen LogP contribution in [-0.4, -0.2) is 51.5 Å². The largest absolute Gasteiger partial charge is 0.521 e. The molecule has 0 heterocycles. The molecule has 0 radical (unpaired) electrons. The van der Waals surface area contributed by atoms with Gasteiger partial charge in [-0.15, -0.1) is 4.52 Å². The van der Waals surface area contributed by atoms with Crippen LogP contribution in [-0.2, 0) is 18.4 Å². The Labute approximate surface area is 206 Å². The number of amides is 1. The fourth-order valence-electron chi connectivity index (χ4n) is 2.88. The first-order valence-electron chi connectivity index (χ1n) is 11.6. The van der Waals surface area contributed by atoms with E-state index in [-0.39, 0.29) is 13.1 Å². The summed E-state index contributed by atoms with van der Waals surface area (Å²) >= 11 is 0. The molecule has 2 atom stereocenters. The summed E-state index contributed by atoms with van der Waals surface area (Å²) in [6.07, 6.45) is 9.08. The van der Waals surface area contributed by atoms with Crippen LogP contribution in [0, 0.1) is 0 Å². The van der Waals surface area contributed by atoms with Crippen LogP contribution < -0.4 is 0 Å². The van der Waals surface area contributed by atoms with Crippen LogP contribution >= 0.6 is 15.6 Å². The zero-order valence-corrected chi connectivity index (χ0v) is 23.8. The second kappa shape index (κ2) is 15.6. The van der Waals surface area contributed by atoms with E-state index in [9.17, 15) is 13.9 Å². The molecule has 2 N–H and O–H groups in total. The first kappa shape index (κ1) is 32.7. The Morgan fingerprint density at radius 1 is 1.03 bits per heavy atom. The van der Waals surface area contributed by atoms with Crippen LogP contribution in [0.2, 0.25) is 0 Å². The van der Waals surface area contributed by atoms with Crippen molar-refractivity contribution in [3.8, 4) is 0 Å². The third kappa shape index (κ3) is 19.1. The molecule has 0 aliphatic heterocycles. The Hall–Kier alpha value is -1.30. The van der Waals surface area contributed by atoms with Gasteiger partial charge in [0.25, 0.3) is 5.90 Å². The molecule has 1 amide bonds. The lowest BCUT2D eigenvalue weighted by atomic mass is 10.1. The van der Waals surface area contributed by atoms with Crippen LogP contribution in [0.15, 0.2) is 34.9 Å². The second-order valence-electron chi connectivity index (χ2n) is 9.90. The predicted molar refractivity (Wildman–Crippen MR) is 138 cm³/mol. The van der Waals surface area contributed by atoms with Crippen molar-refractivity contribution in [2.45, 2.75) is 92.8 Å². The minimum Gasteiger partial charge on any atom is -0.444 e. The highest BCUT2D eigenvalue weighted by atomic mass is 31.2. The van der Waals surface area contributed by atoms with Gasteiger partial charge in [0.1, 0.15) is 11.7 Å². The molecular weight excluding hydrogens is 476 g/mol. The number of nitrogens with zero attached hydrogens (tertiary/aromatic N) is 1. The Morgan fingerprint density at radius 3 is 2.06 bits per heavy atom. The molecule has 0 saturated heterocycles. The second-order valence-corrected chi connectivity index (χ2v) is 13.2. The molecule has 0 aliphatic carbocycles. The number of allylic oxidation sites excluding steroid dienone is 5. The van der Waals surface area contributed by atoms with Crippen LogP contribution in [0.3, 0.4) is 0 Å². The Bertz CT molecular complexity index is 803. The van der Waals surface area contributed by atoms with Crippen LogP contribution in [0.4, 0.5) is 4.79 Å². The van der Waals surface area contributed by atoms with Crippen molar-refractivity contribution in [3.05, 3.63) is 34.9 Å². The maximum absolute atomic E-state index is 12.7. The first-order valence-corrected chi connectivity index (χ1v) is 14.7. The number of carbonyl (C=O) groups is 1. The maximum atomic E-state index is 12.7. The van der Waals surface area contributed by atoms with Gasteiger partial charge < -0.3 is 19.4 Å². The van der Waals surface area contributed by atoms with Crippen molar-refractivity contribution in [1.29, 1.82) is 0 Å². The summed E-state index contributed by atoms with van der Waals surface area (Å²) < 4.78 is 33.6. The van der Waals surface area contributed by atoms with Gasteiger partial charge in [0.2, 0.25) is 0 Å². The van der Waals surface area contributed by atoms with Gasteiger partial charge in [-0.05, 0) is 85.6 Å². The standard InChI is InChI=1S/C24H43NO7P2/c1-19(2)11-9-12-20(3)13-10-14-21(4)15-16-25(23(26)31-24(6,7)8)17-22(5)32-33(27)18-34(28,29)30/h11,13,15,22H,9-10,12,14,16-18H2,1-8H3,(H-,28,29,30)/p+1. The molecule has 196 valence electrons. The lowest BCUT2D eigenvalue weighted by molar-refractivity contribution is 0.0209. The topological polar surface area (TPSA) is 113 Å². The predicted octanol–water partition coefficient (Wildman–Crippen LogP) is 6.93. The molecule has 0 aromatic rings. The molecule has 0 rings (SSSR count). The molecule has 10 heteroatoms. The average molecular weight is 521 g/mol. The van der Waals surface area contributed by atoms with Crippen molar-refractivity contribution in [3.63, 3.8) is 0 Å². The molecule has 8 nitrogen and oxygen atoms in total. The molecular formula is C24H44NO7P2+. The van der Waals surface area contributed by atoms with E-state index in [1.165, 1.54) is 16.0 Å². The lowest BCUT2D eigenvalue weighted by Gasteiger charge is -2.27. The molecule has 34 heavy (non-hydrogen) atoms. The number of hydrogen-bond donors (Lipinski definition) is 2. The minimum atomic E-state index is -4.45. The number of ether oxygens (including phenoxy) is 1. The van der Waals surface area contributed by atoms with Crippen molar-refractivity contribution in [2.75, 3.05) is 19.0 Å². The fourth-order valence-corrected chi connectivity index (χ4v) is 4.82. The number of carbonyl (C=O) groups excluding carboxylic acids is 1.